The lowest BCUT2D eigenvalue weighted by molar-refractivity contribution is -0.137. The first-order chi connectivity index (χ1) is 18.4. The molecule has 1 aliphatic rings. The lowest BCUT2D eigenvalue weighted by Gasteiger charge is -2.32. The van der Waals surface area contributed by atoms with Crippen molar-refractivity contribution in [3.63, 3.8) is 0 Å². The van der Waals surface area contributed by atoms with E-state index in [0.29, 0.717) is 24.6 Å². The van der Waals surface area contributed by atoms with Crippen LogP contribution in [0.2, 0.25) is 0 Å². The van der Waals surface area contributed by atoms with Crippen LogP contribution in [0.15, 0.2) is 71.6 Å². The first kappa shape index (κ1) is 26.0. The number of nitrogens with one attached hydrogen (secondary N) is 1. The number of likely N-dealkylation sites (tertiary alicyclic amines) is 1. The molecule has 1 aromatic carbocycles. The van der Waals surface area contributed by atoms with Crippen LogP contribution in [0.4, 0.5) is 18.9 Å². The second-order valence-corrected chi connectivity index (χ2v) is 9.86. The van der Waals surface area contributed by atoms with Gasteiger partial charge >= 0.3 is 6.18 Å². The molecule has 5 rings (SSSR count). The van der Waals surface area contributed by atoms with Crippen molar-refractivity contribution >= 4 is 22.6 Å². The van der Waals surface area contributed by atoms with Gasteiger partial charge in [-0.15, -0.1) is 0 Å². The van der Waals surface area contributed by atoms with E-state index in [1.165, 1.54) is 23.1 Å². The molecule has 0 spiro atoms. The number of carbonyl (C=O) groups excluding carboxylic acids is 1. The fraction of sp³-hybridized carbons (Fsp3) is 0.379. The number of rotatable bonds is 9. The van der Waals surface area contributed by atoms with Gasteiger partial charge in [0.25, 0.3) is 0 Å². The highest BCUT2D eigenvalue weighted by Gasteiger charge is 2.30. The summed E-state index contributed by atoms with van der Waals surface area (Å²) < 4.78 is 45.7. The summed E-state index contributed by atoms with van der Waals surface area (Å²) in [5, 5.41) is 3.89. The number of anilines is 1. The third-order valence-electron chi connectivity index (χ3n) is 7.22. The van der Waals surface area contributed by atoms with Crippen LogP contribution in [0, 0.1) is 0 Å². The average Bonchev–Trinajstić information content (AvgIpc) is 3.55. The molecular formula is C29H31F3N4O2. The lowest BCUT2D eigenvalue weighted by Crippen LogP contribution is -2.33. The van der Waals surface area contributed by atoms with Crippen molar-refractivity contribution < 1.29 is 22.4 Å². The molecule has 3 aromatic heterocycles. The van der Waals surface area contributed by atoms with E-state index in [-0.39, 0.29) is 5.91 Å². The van der Waals surface area contributed by atoms with E-state index in [0.717, 1.165) is 68.9 Å². The van der Waals surface area contributed by atoms with Gasteiger partial charge in [-0.3, -0.25) is 4.79 Å². The van der Waals surface area contributed by atoms with Crippen LogP contribution in [0.3, 0.4) is 0 Å². The largest absolute Gasteiger partial charge is 0.467 e. The quantitative estimate of drug-likeness (QED) is 0.248. The van der Waals surface area contributed by atoms with E-state index in [9.17, 15) is 18.0 Å². The Morgan fingerprint density at radius 2 is 1.84 bits per heavy atom. The SMILES string of the molecule is O=C(CCCCN1CCC(c2cn(Cc3ccco3)c3ncccc23)CC1)Nc1ccc(C(F)(F)F)cc1. The third-order valence-corrected chi connectivity index (χ3v) is 7.22. The minimum atomic E-state index is -4.38. The smallest absolute Gasteiger partial charge is 0.416 e. The van der Waals surface area contributed by atoms with Crippen molar-refractivity contribution in [1.29, 1.82) is 0 Å². The van der Waals surface area contributed by atoms with Gasteiger partial charge < -0.3 is 19.2 Å². The molecule has 38 heavy (non-hydrogen) atoms. The Balaban J connectivity index is 1.07. The van der Waals surface area contributed by atoms with Crippen LogP contribution in [0.1, 0.15) is 54.9 Å². The normalized spacial score (nSPS) is 15.2. The van der Waals surface area contributed by atoms with E-state index in [1.54, 1.807) is 6.26 Å². The van der Waals surface area contributed by atoms with Crippen molar-refractivity contribution in [1.82, 2.24) is 14.5 Å². The van der Waals surface area contributed by atoms with Crippen LogP contribution < -0.4 is 5.32 Å². The molecule has 0 bridgehead atoms. The van der Waals surface area contributed by atoms with Gasteiger partial charge in [-0.1, -0.05) is 0 Å². The van der Waals surface area contributed by atoms with Crippen LogP contribution in [-0.2, 0) is 17.5 Å². The summed E-state index contributed by atoms with van der Waals surface area (Å²) in [5.74, 6) is 1.20. The zero-order valence-electron chi connectivity index (χ0n) is 21.1. The number of fused-ring (bicyclic) bond motifs is 1. The minimum Gasteiger partial charge on any atom is -0.467 e. The Bertz CT molecular complexity index is 1340. The van der Waals surface area contributed by atoms with Gasteiger partial charge in [-0.25, -0.2) is 4.98 Å². The minimum absolute atomic E-state index is 0.178. The highest BCUT2D eigenvalue weighted by Crippen LogP contribution is 2.34. The number of aromatic nitrogens is 2. The predicted molar refractivity (Wildman–Crippen MR) is 140 cm³/mol. The molecule has 4 aromatic rings. The maximum Gasteiger partial charge on any atom is 0.416 e. The number of piperidine rings is 1. The maximum absolute atomic E-state index is 12.7. The molecule has 6 nitrogen and oxygen atoms in total. The monoisotopic (exact) mass is 524 g/mol. The summed E-state index contributed by atoms with van der Waals surface area (Å²) in [6.45, 7) is 3.61. The molecular weight excluding hydrogens is 493 g/mol. The standard InChI is InChI=1S/C29H31F3N4O2/c30-29(31,32)22-8-10-23(11-9-22)34-27(37)7-1-2-15-35-16-12-21(13-17-35)26-20-36(19-24-5-4-18-38-24)28-25(26)6-3-14-33-28/h3-6,8-11,14,18,20-21H,1-2,7,12-13,15-17,19H2,(H,34,37). The molecule has 4 heterocycles. The van der Waals surface area contributed by atoms with E-state index in [1.807, 2.05) is 24.4 Å². The number of amides is 1. The van der Waals surface area contributed by atoms with E-state index in [4.69, 9.17) is 4.42 Å². The second kappa shape index (κ2) is 11.4. The van der Waals surface area contributed by atoms with Crippen LogP contribution in [0.5, 0.6) is 0 Å². The Morgan fingerprint density at radius 3 is 2.55 bits per heavy atom. The molecule has 0 saturated carbocycles. The van der Waals surface area contributed by atoms with E-state index >= 15 is 0 Å². The van der Waals surface area contributed by atoms with Crippen molar-refractivity contribution in [3.05, 3.63) is 84.1 Å². The number of pyridine rings is 1. The lowest BCUT2D eigenvalue weighted by atomic mass is 9.89. The molecule has 1 saturated heterocycles. The van der Waals surface area contributed by atoms with Crippen LogP contribution in [0.25, 0.3) is 11.0 Å². The Morgan fingerprint density at radius 1 is 1.05 bits per heavy atom. The number of carbonyl (C=O) groups is 1. The molecule has 1 amide bonds. The number of hydrogen-bond acceptors (Lipinski definition) is 4. The van der Waals surface area contributed by atoms with Crippen molar-refractivity contribution in [2.75, 3.05) is 25.0 Å². The average molecular weight is 525 g/mol. The Labute approximate surface area is 219 Å². The fourth-order valence-electron chi connectivity index (χ4n) is 5.22. The third kappa shape index (κ3) is 6.27. The van der Waals surface area contributed by atoms with E-state index < -0.39 is 11.7 Å². The van der Waals surface area contributed by atoms with Gasteiger partial charge in [0.2, 0.25) is 5.91 Å². The molecule has 9 heteroatoms. The Kier molecular flexibility index (Phi) is 7.83. The van der Waals surface area contributed by atoms with Gasteiger partial charge in [0.15, 0.2) is 0 Å². The van der Waals surface area contributed by atoms with E-state index in [2.05, 4.69) is 32.0 Å². The number of nitrogens with zero attached hydrogens (tertiary/aromatic N) is 3. The summed E-state index contributed by atoms with van der Waals surface area (Å²) in [7, 11) is 0. The topological polar surface area (TPSA) is 63.3 Å². The fourth-order valence-corrected chi connectivity index (χ4v) is 5.22. The van der Waals surface area contributed by atoms with Crippen LogP contribution in [-0.4, -0.2) is 40.0 Å². The summed E-state index contributed by atoms with van der Waals surface area (Å²) in [6.07, 6.45) is 5.50. The van der Waals surface area contributed by atoms with Crippen molar-refractivity contribution in [3.8, 4) is 0 Å². The number of halogens is 3. The first-order valence-electron chi connectivity index (χ1n) is 13.0. The number of unbranched alkanes of at least 4 members (excludes halogenated alkanes) is 1. The Hall–Kier alpha value is -3.59. The number of furan rings is 1. The summed E-state index contributed by atoms with van der Waals surface area (Å²) >= 11 is 0. The summed E-state index contributed by atoms with van der Waals surface area (Å²) in [6, 6.07) is 12.6. The molecule has 0 unspecified atom stereocenters. The zero-order chi connectivity index (χ0) is 26.5. The van der Waals surface area contributed by atoms with Gasteiger partial charge in [-0.2, -0.15) is 13.2 Å². The summed E-state index contributed by atoms with van der Waals surface area (Å²) in [4.78, 5) is 19.3. The molecule has 0 aliphatic carbocycles. The first-order valence-corrected chi connectivity index (χ1v) is 13.0. The maximum atomic E-state index is 12.7. The highest BCUT2D eigenvalue weighted by molar-refractivity contribution is 5.90. The van der Waals surface area contributed by atoms with Crippen molar-refractivity contribution in [2.24, 2.45) is 0 Å². The number of alkyl halides is 3. The molecule has 1 fully saturated rings. The van der Waals surface area contributed by atoms with Gasteiger partial charge in [-0.05, 0) is 105 Å². The van der Waals surface area contributed by atoms with Crippen LogP contribution >= 0.6 is 0 Å². The van der Waals surface area contributed by atoms with Crippen molar-refractivity contribution in [2.45, 2.75) is 50.7 Å². The van der Waals surface area contributed by atoms with Gasteiger partial charge in [0.1, 0.15) is 11.4 Å². The van der Waals surface area contributed by atoms with Gasteiger partial charge in [0, 0.05) is 29.9 Å². The zero-order valence-corrected chi connectivity index (χ0v) is 21.1. The number of hydrogen-bond donors (Lipinski definition) is 1. The summed E-state index contributed by atoms with van der Waals surface area (Å²) in [5.41, 5.74) is 1.98. The number of benzene rings is 1. The molecule has 1 N–H and O–H groups in total. The molecule has 0 atom stereocenters. The highest BCUT2D eigenvalue weighted by atomic mass is 19.4. The molecule has 0 radical (unpaired) electrons. The van der Waals surface area contributed by atoms with Gasteiger partial charge in [0.05, 0.1) is 18.4 Å². The molecule has 1 aliphatic heterocycles. The predicted octanol–water partition coefficient (Wildman–Crippen LogP) is 6.68. The second-order valence-electron chi connectivity index (χ2n) is 9.86. The molecule has 200 valence electrons.